The molecule has 8 heteroatoms. The molecule has 6 nitrogen and oxygen atoms in total. The van der Waals surface area contributed by atoms with Gasteiger partial charge in [-0.3, -0.25) is 9.36 Å². The second-order valence-corrected chi connectivity index (χ2v) is 11.4. The molecule has 0 radical (unpaired) electrons. The minimum Gasteiger partial charge on any atom is -0.454 e. The predicted octanol–water partition coefficient (Wildman–Crippen LogP) is 5.87. The first-order chi connectivity index (χ1) is 17.0. The average Bonchev–Trinajstić information content (AvgIpc) is 3.46. The Morgan fingerprint density at radius 2 is 2.03 bits per heavy atom. The third-order valence-electron chi connectivity index (χ3n) is 6.52. The highest BCUT2D eigenvalue weighted by Crippen LogP contribution is 2.38. The van der Waals surface area contributed by atoms with E-state index in [1.54, 1.807) is 27.7 Å². The Bertz CT molecular complexity index is 1490. The van der Waals surface area contributed by atoms with E-state index < -0.39 is 0 Å². The maximum atomic E-state index is 14.1. The van der Waals surface area contributed by atoms with Gasteiger partial charge in [-0.15, -0.1) is 11.3 Å². The van der Waals surface area contributed by atoms with Crippen LogP contribution in [0.15, 0.2) is 52.4 Å². The van der Waals surface area contributed by atoms with E-state index in [0.717, 1.165) is 55.4 Å². The zero-order valence-electron chi connectivity index (χ0n) is 19.9. The number of ether oxygens (including phenoxy) is 3. The zero-order valence-corrected chi connectivity index (χ0v) is 21.5. The largest absolute Gasteiger partial charge is 0.454 e. The van der Waals surface area contributed by atoms with Gasteiger partial charge in [0.2, 0.25) is 6.79 Å². The van der Waals surface area contributed by atoms with Crippen LogP contribution in [0.3, 0.4) is 0 Å². The Kier molecular flexibility index (Phi) is 5.82. The van der Waals surface area contributed by atoms with Crippen LogP contribution in [0.5, 0.6) is 11.5 Å². The molecule has 0 N–H and O–H groups in total. The van der Waals surface area contributed by atoms with E-state index in [1.807, 2.05) is 49.4 Å². The van der Waals surface area contributed by atoms with E-state index in [2.05, 4.69) is 13.8 Å². The second-order valence-electron chi connectivity index (χ2n) is 9.33. The van der Waals surface area contributed by atoms with Gasteiger partial charge in [-0.25, -0.2) is 4.98 Å². The van der Waals surface area contributed by atoms with Crippen LogP contribution in [0.2, 0.25) is 0 Å². The van der Waals surface area contributed by atoms with E-state index in [4.69, 9.17) is 19.2 Å². The third-order valence-corrected chi connectivity index (χ3v) is 8.63. The van der Waals surface area contributed by atoms with Crippen molar-refractivity contribution in [3.63, 3.8) is 0 Å². The van der Waals surface area contributed by atoms with Crippen molar-refractivity contribution >= 4 is 33.3 Å². The van der Waals surface area contributed by atoms with Crippen LogP contribution in [-0.4, -0.2) is 22.4 Å². The molecule has 0 spiro atoms. The van der Waals surface area contributed by atoms with Crippen molar-refractivity contribution in [2.75, 3.05) is 6.79 Å². The van der Waals surface area contributed by atoms with Crippen molar-refractivity contribution < 1.29 is 14.2 Å². The van der Waals surface area contributed by atoms with Gasteiger partial charge in [0.1, 0.15) is 4.83 Å². The first kappa shape index (κ1) is 22.6. The van der Waals surface area contributed by atoms with Gasteiger partial charge in [-0.2, -0.15) is 0 Å². The van der Waals surface area contributed by atoms with E-state index in [9.17, 15) is 4.79 Å². The number of fused-ring (bicyclic) bond motifs is 4. The normalized spacial score (nSPS) is 16.7. The van der Waals surface area contributed by atoms with Crippen LogP contribution in [0, 0.1) is 12.8 Å². The highest BCUT2D eigenvalue weighted by atomic mass is 32.2. The molecular formula is C27H26N2O4S2. The maximum Gasteiger partial charge on any atom is 0.267 e. The summed E-state index contributed by atoms with van der Waals surface area (Å²) >= 11 is 3.15. The Labute approximate surface area is 211 Å². The Morgan fingerprint density at radius 3 is 2.86 bits per heavy atom. The molecule has 180 valence electrons. The summed E-state index contributed by atoms with van der Waals surface area (Å²) in [5.74, 6) is 2.57. The number of hydrogen-bond donors (Lipinski definition) is 0. The zero-order chi connectivity index (χ0) is 24.1. The van der Waals surface area contributed by atoms with Crippen LogP contribution in [0.4, 0.5) is 0 Å². The number of benzene rings is 2. The summed E-state index contributed by atoms with van der Waals surface area (Å²) in [4.78, 5) is 21.0. The standard InChI is InChI=1S/C27H26N2O4S2/c1-15(2)21-11-19-23(12-31-21)35-25-24(19)26(30)29(18-6-4-5-16(3)9-18)27(28-25)34-13-17-7-8-20-22(10-17)33-14-32-20/h4-10,15,21H,11-14H2,1-3H3/t21-/m0/s1. The molecule has 0 saturated heterocycles. The van der Waals surface area contributed by atoms with Gasteiger partial charge in [-0.05, 0) is 53.8 Å². The molecule has 2 aromatic heterocycles. The molecule has 6 rings (SSSR count). The summed E-state index contributed by atoms with van der Waals surface area (Å²) in [5.41, 5.74) is 4.13. The lowest BCUT2D eigenvalue weighted by Gasteiger charge is -2.26. The molecule has 4 heterocycles. The number of thiophene rings is 1. The molecule has 2 aliphatic rings. The SMILES string of the molecule is Cc1cccc(-n2c(SCc3ccc4c(c3)OCO4)nc3sc4c(c3c2=O)C[C@@H](C(C)C)OC4)c1. The fourth-order valence-electron chi connectivity index (χ4n) is 4.61. The quantitative estimate of drug-likeness (QED) is 0.249. The summed E-state index contributed by atoms with van der Waals surface area (Å²) in [7, 11) is 0. The lowest BCUT2D eigenvalue weighted by Crippen LogP contribution is -2.28. The summed E-state index contributed by atoms with van der Waals surface area (Å²) in [5, 5.41) is 1.43. The molecule has 2 aromatic carbocycles. The Morgan fingerprint density at radius 1 is 1.17 bits per heavy atom. The molecule has 0 unspecified atom stereocenters. The Hall–Kier alpha value is -2.81. The van der Waals surface area contributed by atoms with E-state index >= 15 is 0 Å². The molecule has 0 fully saturated rings. The number of aryl methyl sites for hydroxylation is 1. The number of thioether (sulfide) groups is 1. The highest BCUT2D eigenvalue weighted by molar-refractivity contribution is 7.98. The van der Waals surface area contributed by atoms with Crippen LogP contribution in [-0.2, 0) is 23.5 Å². The summed E-state index contributed by atoms with van der Waals surface area (Å²) in [6.07, 6.45) is 0.869. The van der Waals surface area contributed by atoms with E-state index in [1.165, 1.54) is 0 Å². The summed E-state index contributed by atoms with van der Waals surface area (Å²) in [6.45, 7) is 7.16. The molecule has 0 aliphatic carbocycles. The third kappa shape index (κ3) is 4.13. The molecule has 0 bridgehead atoms. The second kappa shape index (κ2) is 9.00. The fraction of sp³-hybridized carbons (Fsp3) is 0.333. The van der Waals surface area contributed by atoms with Gasteiger partial charge in [0.15, 0.2) is 16.7 Å². The minimum absolute atomic E-state index is 0.00399. The van der Waals surface area contributed by atoms with Crippen molar-refractivity contribution in [3.05, 3.63) is 74.4 Å². The molecule has 0 saturated carbocycles. The first-order valence-corrected chi connectivity index (χ1v) is 13.6. The molecule has 0 amide bonds. The van der Waals surface area contributed by atoms with Gasteiger partial charge >= 0.3 is 0 Å². The first-order valence-electron chi connectivity index (χ1n) is 11.7. The van der Waals surface area contributed by atoms with Gasteiger partial charge in [0.05, 0.1) is 23.8 Å². The number of rotatable bonds is 5. The van der Waals surface area contributed by atoms with Crippen LogP contribution in [0.25, 0.3) is 15.9 Å². The van der Waals surface area contributed by atoms with Crippen LogP contribution >= 0.6 is 23.1 Å². The van der Waals surface area contributed by atoms with Crippen molar-refractivity contribution in [2.24, 2.45) is 5.92 Å². The smallest absolute Gasteiger partial charge is 0.267 e. The molecule has 4 aromatic rings. The number of hydrogen-bond acceptors (Lipinski definition) is 7. The van der Waals surface area contributed by atoms with E-state index in [-0.39, 0.29) is 18.5 Å². The lowest BCUT2D eigenvalue weighted by atomic mass is 9.96. The number of nitrogens with zero attached hydrogens (tertiary/aromatic N) is 2. The van der Waals surface area contributed by atoms with Gasteiger partial charge in [-0.1, -0.05) is 43.8 Å². The van der Waals surface area contributed by atoms with Crippen molar-refractivity contribution in [3.8, 4) is 17.2 Å². The van der Waals surface area contributed by atoms with Crippen molar-refractivity contribution in [2.45, 2.75) is 50.8 Å². The summed E-state index contributed by atoms with van der Waals surface area (Å²) < 4.78 is 18.8. The van der Waals surface area contributed by atoms with E-state index in [0.29, 0.717) is 23.4 Å². The topological polar surface area (TPSA) is 62.6 Å². The lowest BCUT2D eigenvalue weighted by molar-refractivity contribution is 0.00200. The van der Waals surface area contributed by atoms with Gasteiger partial charge in [0, 0.05) is 17.1 Å². The molecule has 2 aliphatic heterocycles. The molecule has 35 heavy (non-hydrogen) atoms. The monoisotopic (exact) mass is 506 g/mol. The Balaban J connectivity index is 1.45. The predicted molar refractivity (Wildman–Crippen MR) is 139 cm³/mol. The average molecular weight is 507 g/mol. The van der Waals surface area contributed by atoms with Crippen LogP contribution in [0.1, 0.15) is 35.4 Å². The molecular weight excluding hydrogens is 480 g/mol. The van der Waals surface area contributed by atoms with Gasteiger partial charge < -0.3 is 14.2 Å². The van der Waals surface area contributed by atoms with Gasteiger partial charge in [0.25, 0.3) is 5.56 Å². The maximum absolute atomic E-state index is 14.1. The highest BCUT2D eigenvalue weighted by Gasteiger charge is 2.29. The van der Waals surface area contributed by atoms with Crippen molar-refractivity contribution in [1.82, 2.24) is 9.55 Å². The summed E-state index contributed by atoms with van der Waals surface area (Å²) in [6, 6.07) is 14.0. The molecule has 1 atom stereocenters. The fourth-order valence-corrected chi connectivity index (χ4v) is 6.73. The van der Waals surface area contributed by atoms with Crippen molar-refractivity contribution in [1.29, 1.82) is 0 Å². The van der Waals surface area contributed by atoms with Crippen LogP contribution < -0.4 is 15.0 Å². The minimum atomic E-state index is -0.00399. The number of aromatic nitrogens is 2.